The Balaban J connectivity index is 1.07. The highest BCUT2D eigenvalue weighted by Gasteiger charge is 2.40. The molecule has 0 bridgehead atoms. The number of hydrogen-bond donors (Lipinski definition) is 0. The van der Waals surface area contributed by atoms with Gasteiger partial charge in [0.15, 0.2) is 5.65 Å². The summed E-state index contributed by atoms with van der Waals surface area (Å²) in [4.78, 5) is 15.1. The maximum absolute atomic E-state index is 5.46. The topological polar surface area (TPSA) is 43.6 Å². The number of imidazole rings is 1. The number of nitrogens with zero attached hydrogens (tertiary/aromatic N) is 4. The quantitative estimate of drug-likeness (QED) is 0.191. The molecule has 0 saturated heterocycles. The second-order valence-corrected chi connectivity index (χ2v) is 14.3. The molecule has 0 radical (unpaired) electrons. The number of benzene rings is 5. The highest BCUT2D eigenvalue weighted by Crippen LogP contribution is 2.56. The minimum Gasteiger partial charge on any atom is -0.277 e. The van der Waals surface area contributed by atoms with Crippen molar-refractivity contribution < 1.29 is 0 Å². The van der Waals surface area contributed by atoms with Crippen molar-refractivity contribution in [3.05, 3.63) is 157 Å². The Hall–Kier alpha value is -5.91. The molecule has 49 heavy (non-hydrogen) atoms. The van der Waals surface area contributed by atoms with Crippen molar-refractivity contribution in [1.82, 2.24) is 19.5 Å². The average molecular weight is 647 g/mol. The van der Waals surface area contributed by atoms with Crippen LogP contribution in [-0.4, -0.2) is 19.5 Å². The first kappa shape index (κ1) is 28.1. The lowest BCUT2D eigenvalue weighted by molar-refractivity contribution is 0.667. The third-order valence-electron chi connectivity index (χ3n) is 10.1. The summed E-state index contributed by atoms with van der Waals surface area (Å²) < 4.78 is 4.72. The average Bonchev–Trinajstić information content (AvgIpc) is 3.80. The predicted octanol–water partition coefficient (Wildman–Crippen LogP) is 11.5. The molecule has 5 heteroatoms. The molecular formula is C44H30N4S. The molecular weight excluding hydrogens is 617 g/mol. The van der Waals surface area contributed by atoms with E-state index < -0.39 is 0 Å². The molecule has 4 aromatic heterocycles. The zero-order valence-electron chi connectivity index (χ0n) is 27.1. The Morgan fingerprint density at radius 2 is 1.29 bits per heavy atom. The third-order valence-corrected chi connectivity index (χ3v) is 11.2. The number of fused-ring (bicyclic) bond motifs is 8. The number of para-hydroxylation sites is 1. The fraction of sp³-hybridized carbons (Fsp3) is 0.0682. The summed E-state index contributed by atoms with van der Waals surface area (Å²) in [5.41, 5.74) is 14.6. The second-order valence-electron chi connectivity index (χ2n) is 13.3. The van der Waals surface area contributed by atoms with Gasteiger partial charge in [-0.3, -0.25) is 4.57 Å². The van der Waals surface area contributed by atoms with Crippen LogP contribution >= 0.6 is 11.3 Å². The molecule has 0 unspecified atom stereocenters. The van der Waals surface area contributed by atoms with Gasteiger partial charge in [-0.2, -0.15) is 0 Å². The van der Waals surface area contributed by atoms with E-state index in [4.69, 9.17) is 9.97 Å². The Bertz CT molecular complexity index is 2720. The van der Waals surface area contributed by atoms with Crippen molar-refractivity contribution in [2.45, 2.75) is 19.3 Å². The van der Waals surface area contributed by atoms with Gasteiger partial charge in [0.25, 0.3) is 0 Å². The van der Waals surface area contributed by atoms with Crippen LogP contribution in [0.5, 0.6) is 0 Å². The van der Waals surface area contributed by atoms with Crippen LogP contribution in [-0.2, 0) is 5.41 Å². The standard InChI is InChI=1S/C44H30N4S/c1-44(2)34-15-8-6-13-32(34)37-38(44)41-40(33-14-7-9-17-36(33)49-41)47-39(37)29-22-18-27(19-23-29)28-20-24-30(25-21-28)42-46-35-16-10-26-45-43(35)48(42)31-11-4-3-5-12-31/h3-26H,1-2H3. The number of aromatic nitrogens is 4. The van der Waals surface area contributed by atoms with Gasteiger partial charge in [-0.05, 0) is 58.1 Å². The Labute approximate surface area is 288 Å². The molecule has 5 aromatic carbocycles. The Morgan fingerprint density at radius 3 is 2.08 bits per heavy atom. The molecule has 1 aliphatic rings. The largest absolute Gasteiger partial charge is 0.277 e. The van der Waals surface area contributed by atoms with Crippen molar-refractivity contribution in [2.24, 2.45) is 0 Å². The van der Waals surface area contributed by atoms with E-state index in [9.17, 15) is 0 Å². The molecule has 0 N–H and O–H groups in total. The van der Waals surface area contributed by atoms with Gasteiger partial charge in [0.05, 0.1) is 15.9 Å². The molecule has 9 aromatic rings. The summed E-state index contributed by atoms with van der Waals surface area (Å²) in [6.45, 7) is 4.73. The van der Waals surface area contributed by atoms with Gasteiger partial charge in [0.2, 0.25) is 0 Å². The minimum absolute atomic E-state index is 0.123. The molecule has 0 atom stereocenters. The normalized spacial score (nSPS) is 13.3. The number of rotatable bonds is 4. The van der Waals surface area contributed by atoms with E-state index in [-0.39, 0.29) is 5.41 Å². The van der Waals surface area contributed by atoms with Crippen LogP contribution in [0, 0.1) is 0 Å². The van der Waals surface area contributed by atoms with Gasteiger partial charge < -0.3 is 0 Å². The maximum atomic E-state index is 5.46. The third kappa shape index (κ3) is 4.19. The van der Waals surface area contributed by atoms with E-state index in [0.717, 1.165) is 56.1 Å². The van der Waals surface area contributed by atoms with Gasteiger partial charge in [-0.25, -0.2) is 15.0 Å². The maximum Gasteiger partial charge on any atom is 0.164 e. The van der Waals surface area contributed by atoms with Gasteiger partial charge >= 0.3 is 0 Å². The van der Waals surface area contributed by atoms with Gasteiger partial charge in [0, 0.05) is 44.1 Å². The number of thiophene rings is 1. The van der Waals surface area contributed by atoms with Gasteiger partial charge in [0.1, 0.15) is 11.3 Å². The van der Waals surface area contributed by atoms with Crippen LogP contribution in [0.1, 0.15) is 25.0 Å². The molecule has 1 aliphatic carbocycles. The summed E-state index contributed by atoms with van der Waals surface area (Å²) in [6, 6.07) is 49.4. The fourth-order valence-corrected chi connectivity index (χ4v) is 9.07. The lowest BCUT2D eigenvalue weighted by atomic mass is 9.82. The van der Waals surface area contributed by atoms with Gasteiger partial charge in [-0.1, -0.05) is 123 Å². The van der Waals surface area contributed by atoms with Gasteiger partial charge in [-0.15, -0.1) is 11.3 Å². The molecule has 4 heterocycles. The summed E-state index contributed by atoms with van der Waals surface area (Å²) in [6.07, 6.45) is 1.82. The SMILES string of the molecule is CC1(C)c2ccccc2-c2c(-c3ccc(-c4ccc(-c5nc6cccnc6n5-c5ccccc5)cc4)cc3)nc3c(sc4ccccc43)c21. The monoisotopic (exact) mass is 646 g/mol. The van der Waals surface area contributed by atoms with Crippen LogP contribution in [0.2, 0.25) is 0 Å². The molecule has 232 valence electrons. The van der Waals surface area contributed by atoms with Crippen LogP contribution in [0.3, 0.4) is 0 Å². The minimum atomic E-state index is -0.123. The van der Waals surface area contributed by atoms with Crippen molar-refractivity contribution in [3.63, 3.8) is 0 Å². The van der Waals surface area contributed by atoms with Crippen molar-refractivity contribution in [1.29, 1.82) is 0 Å². The summed E-state index contributed by atoms with van der Waals surface area (Å²) in [5.74, 6) is 0.876. The lowest BCUT2D eigenvalue weighted by Gasteiger charge is -2.22. The molecule has 0 fully saturated rings. The molecule has 0 amide bonds. The van der Waals surface area contributed by atoms with E-state index in [1.54, 1.807) is 0 Å². The number of pyridine rings is 2. The predicted molar refractivity (Wildman–Crippen MR) is 203 cm³/mol. The highest BCUT2D eigenvalue weighted by atomic mass is 32.1. The summed E-state index contributed by atoms with van der Waals surface area (Å²) >= 11 is 1.87. The van der Waals surface area contributed by atoms with Crippen molar-refractivity contribution in [3.8, 4) is 50.6 Å². The van der Waals surface area contributed by atoms with Crippen LogP contribution in [0.25, 0.3) is 82.1 Å². The van der Waals surface area contributed by atoms with Crippen molar-refractivity contribution in [2.75, 3.05) is 0 Å². The van der Waals surface area contributed by atoms with Crippen LogP contribution in [0.15, 0.2) is 146 Å². The van der Waals surface area contributed by atoms with Crippen LogP contribution < -0.4 is 0 Å². The molecule has 0 saturated carbocycles. The molecule has 4 nitrogen and oxygen atoms in total. The zero-order valence-corrected chi connectivity index (χ0v) is 27.9. The Kier molecular flexibility index (Phi) is 6.05. The fourth-order valence-electron chi connectivity index (χ4n) is 7.72. The van der Waals surface area contributed by atoms with E-state index >= 15 is 0 Å². The number of hydrogen-bond acceptors (Lipinski definition) is 4. The first-order chi connectivity index (χ1) is 24.1. The van der Waals surface area contributed by atoms with Crippen LogP contribution in [0.4, 0.5) is 0 Å². The molecule has 0 aliphatic heterocycles. The summed E-state index contributed by atoms with van der Waals surface area (Å²) in [5, 5.41) is 1.23. The first-order valence-electron chi connectivity index (χ1n) is 16.6. The van der Waals surface area contributed by atoms with E-state index in [1.165, 1.54) is 37.0 Å². The molecule has 0 spiro atoms. The zero-order chi connectivity index (χ0) is 32.7. The molecule has 10 rings (SSSR count). The van der Waals surface area contributed by atoms with E-state index in [1.807, 2.05) is 47.9 Å². The second kappa shape index (κ2) is 10.5. The first-order valence-corrected chi connectivity index (χ1v) is 17.4. The van der Waals surface area contributed by atoms with E-state index in [0.29, 0.717) is 0 Å². The van der Waals surface area contributed by atoms with Crippen molar-refractivity contribution >= 4 is 42.8 Å². The summed E-state index contributed by atoms with van der Waals surface area (Å²) in [7, 11) is 0. The highest BCUT2D eigenvalue weighted by molar-refractivity contribution is 7.26. The van der Waals surface area contributed by atoms with E-state index in [2.05, 4.69) is 133 Å². The Morgan fingerprint density at radius 1 is 0.612 bits per heavy atom. The lowest BCUT2D eigenvalue weighted by Crippen LogP contribution is -2.15. The smallest absolute Gasteiger partial charge is 0.164 e.